The van der Waals surface area contributed by atoms with Crippen molar-refractivity contribution in [2.75, 3.05) is 0 Å². The second kappa shape index (κ2) is 4.75. The van der Waals surface area contributed by atoms with Gasteiger partial charge in [-0.2, -0.15) is 0 Å². The van der Waals surface area contributed by atoms with Gasteiger partial charge in [-0.3, -0.25) is 0 Å². The summed E-state index contributed by atoms with van der Waals surface area (Å²) in [6.45, 7) is 3.60. The van der Waals surface area contributed by atoms with E-state index in [1.807, 2.05) is 5.57 Å². The Bertz CT molecular complexity index is 712. The molecule has 0 fully saturated rings. The monoisotopic (exact) mass is 291 g/mol. The number of rotatable bonds is 0. The molecule has 0 amide bonds. The molecule has 0 radical (unpaired) electrons. The molecule has 0 spiro atoms. The summed E-state index contributed by atoms with van der Waals surface area (Å²) in [5.74, 6) is 2.30. The van der Waals surface area contributed by atoms with E-state index < -0.39 is 0 Å². The molecule has 0 saturated heterocycles. The fourth-order valence-electron chi connectivity index (χ4n) is 5.49. The number of fused-ring (bicyclic) bond motifs is 3. The van der Waals surface area contributed by atoms with Gasteiger partial charge in [0.2, 0.25) is 0 Å². The molecule has 1 nitrogen and oxygen atoms in total. The summed E-state index contributed by atoms with van der Waals surface area (Å²) >= 11 is 0. The van der Waals surface area contributed by atoms with Gasteiger partial charge in [0.1, 0.15) is 0 Å². The summed E-state index contributed by atoms with van der Waals surface area (Å²) in [7, 11) is 0. The Balaban J connectivity index is 1.77. The van der Waals surface area contributed by atoms with Crippen LogP contribution in [-0.2, 0) is 6.54 Å². The molecule has 1 aliphatic heterocycles. The zero-order chi connectivity index (χ0) is 14.7. The molecule has 5 rings (SSSR count). The quantitative estimate of drug-likeness (QED) is 0.566. The standard InChI is InChI=1S/C21H25N/c1-14-8-10-18-20-7-4-12-22(20)13-19-17-6-3-2-5-15(17)9-11-16(14)21(18)19/h2-4,7,12,14-15,18H,5-6,8-11,13H2,1H3. The lowest BCUT2D eigenvalue weighted by molar-refractivity contribution is 0.452. The van der Waals surface area contributed by atoms with Crippen LogP contribution in [0.2, 0.25) is 0 Å². The minimum atomic E-state index is 0.683. The van der Waals surface area contributed by atoms with Crippen molar-refractivity contribution in [3.05, 3.63) is 58.5 Å². The Morgan fingerprint density at radius 3 is 3.00 bits per heavy atom. The summed E-state index contributed by atoms with van der Waals surface area (Å²) in [6.07, 6.45) is 15.1. The number of aromatic nitrogens is 1. The number of nitrogens with zero attached hydrogens (tertiary/aromatic N) is 1. The second-order valence-corrected chi connectivity index (χ2v) is 7.68. The van der Waals surface area contributed by atoms with Gasteiger partial charge in [0.25, 0.3) is 0 Å². The predicted molar refractivity (Wildman–Crippen MR) is 90.7 cm³/mol. The first kappa shape index (κ1) is 13.0. The lowest BCUT2D eigenvalue weighted by Gasteiger charge is -2.39. The van der Waals surface area contributed by atoms with Crippen LogP contribution in [0.4, 0.5) is 0 Å². The van der Waals surface area contributed by atoms with Gasteiger partial charge >= 0.3 is 0 Å². The molecule has 0 aromatic carbocycles. The van der Waals surface area contributed by atoms with E-state index in [1.165, 1.54) is 38.5 Å². The van der Waals surface area contributed by atoms with Crippen molar-refractivity contribution in [1.82, 2.24) is 4.57 Å². The van der Waals surface area contributed by atoms with E-state index in [0.717, 1.165) is 18.4 Å². The lowest BCUT2D eigenvalue weighted by atomic mass is 9.70. The van der Waals surface area contributed by atoms with Gasteiger partial charge in [-0.25, -0.2) is 0 Å². The molecule has 114 valence electrons. The summed E-state index contributed by atoms with van der Waals surface area (Å²) in [6, 6.07) is 4.62. The highest BCUT2D eigenvalue weighted by molar-refractivity contribution is 5.52. The molecule has 0 saturated carbocycles. The fraction of sp³-hybridized carbons (Fsp3) is 0.524. The number of hydrogen-bond donors (Lipinski definition) is 0. The van der Waals surface area contributed by atoms with E-state index in [4.69, 9.17) is 0 Å². The highest BCUT2D eigenvalue weighted by Crippen LogP contribution is 2.52. The minimum Gasteiger partial charge on any atom is -0.346 e. The highest BCUT2D eigenvalue weighted by atomic mass is 15.0. The Kier molecular flexibility index (Phi) is 2.80. The van der Waals surface area contributed by atoms with E-state index in [9.17, 15) is 0 Å². The maximum absolute atomic E-state index is 2.53. The van der Waals surface area contributed by atoms with Crippen molar-refractivity contribution < 1.29 is 0 Å². The maximum atomic E-state index is 2.53. The SMILES string of the molecule is CC1CCC2C3=C1CCC1CC=CCC1=C3Cn1cccc12. The molecule has 1 aromatic rings. The third-order valence-electron chi connectivity index (χ3n) is 6.62. The molecule has 4 aliphatic rings. The van der Waals surface area contributed by atoms with Crippen LogP contribution in [0.3, 0.4) is 0 Å². The second-order valence-electron chi connectivity index (χ2n) is 7.68. The first-order valence-corrected chi connectivity index (χ1v) is 9.08. The topological polar surface area (TPSA) is 4.93 Å². The van der Waals surface area contributed by atoms with Gasteiger partial charge in [0, 0.05) is 24.4 Å². The van der Waals surface area contributed by atoms with Crippen molar-refractivity contribution in [2.24, 2.45) is 11.8 Å². The molecule has 2 heterocycles. The van der Waals surface area contributed by atoms with Gasteiger partial charge in [0.15, 0.2) is 0 Å². The maximum Gasteiger partial charge on any atom is 0.0475 e. The van der Waals surface area contributed by atoms with Crippen molar-refractivity contribution in [3.8, 4) is 0 Å². The smallest absolute Gasteiger partial charge is 0.0475 e. The van der Waals surface area contributed by atoms with Crippen LogP contribution in [0.5, 0.6) is 0 Å². The van der Waals surface area contributed by atoms with E-state index in [1.54, 1.807) is 22.4 Å². The van der Waals surface area contributed by atoms with Gasteiger partial charge in [-0.05, 0) is 73.6 Å². The highest BCUT2D eigenvalue weighted by Gasteiger charge is 2.38. The minimum absolute atomic E-state index is 0.683. The van der Waals surface area contributed by atoms with Crippen LogP contribution in [0.25, 0.3) is 0 Å². The van der Waals surface area contributed by atoms with Crippen LogP contribution < -0.4 is 0 Å². The zero-order valence-electron chi connectivity index (χ0n) is 13.5. The van der Waals surface area contributed by atoms with Crippen molar-refractivity contribution in [1.29, 1.82) is 0 Å². The molecular weight excluding hydrogens is 266 g/mol. The molecular formula is C21H25N. The Morgan fingerprint density at radius 1 is 1.09 bits per heavy atom. The molecule has 0 N–H and O–H groups in total. The first-order valence-electron chi connectivity index (χ1n) is 9.08. The molecule has 3 atom stereocenters. The van der Waals surface area contributed by atoms with E-state index >= 15 is 0 Å². The van der Waals surface area contributed by atoms with E-state index in [0.29, 0.717) is 5.92 Å². The average molecular weight is 291 g/mol. The largest absolute Gasteiger partial charge is 0.346 e. The van der Waals surface area contributed by atoms with Crippen LogP contribution in [-0.4, -0.2) is 4.57 Å². The van der Waals surface area contributed by atoms with Gasteiger partial charge in [0.05, 0.1) is 0 Å². The summed E-state index contributed by atoms with van der Waals surface area (Å²) in [4.78, 5) is 0. The summed E-state index contributed by atoms with van der Waals surface area (Å²) in [5.41, 5.74) is 8.71. The van der Waals surface area contributed by atoms with Crippen LogP contribution in [0, 0.1) is 11.8 Å². The zero-order valence-corrected chi connectivity index (χ0v) is 13.5. The van der Waals surface area contributed by atoms with E-state index in [2.05, 4.69) is 42.0 Å². The van der Waals surface area contributed by atoms with Gasteiger partial charge < -0.3 is 4.57 Å². The average Bonchev–Trinajstić information content (AvgIpc) is 2.95. The van der Waals surface area contributed by atoms with Crippen molar-refractivity contribution in [3.63, 3.8) is 0 Å². The van der Waals surface area contributed by atoms with Crippen LogP contribution >= 0.6 is 0 Å². The summed E-state index contributed by atoms with van der Waals surface area (Å²) in [5, 5.41) is 0. The Labute approximate surface area is 133 Å². The lowest BCUT2D eigenvalue weighted by Crippen LogP contribution is -2.26. The van der Waals surface area contributed by atoms with Crippen molar-refractivity contribution in [2.45, 2.75) is 57.9 Å². The Hall–Kier alpha value is -1.50. The molecule has 22 heavy (non-hydrogen) atoms. The molecule has 3 unspecified atom stereocenters. The molecule has 1 heteroatoms. The third kappa shape index (κ3) is 1.71. The molecule has 0 bridgehead atoms. The Morgan fingerprint density at radius 2 is 2.05 bits per heavy atom. The van der Waals surface area contributed by atoms with E-state index in [-0.39, 0.29) is 0 Å². The fourth-order valence-corrected chi connectivity index (χ4v) is 5.49. The van der Waals surface area contributed by atoms with Gasteiger partial charge in [-0.1, -0.05) is 30.2 Å². The summed E-state index contributed by atoms with van der Waals surface area (Å²) < 4.78 is 2.53. The number of allylic oxidation sites excluding steroid dienone is 6. The molecule has 1 aromatic heterocycles. The normalized spacial score (nSPS) is 33.2. The van der Waals surface area contributed by atoms with Crippen LogP contribution in [0.1, 0.15) is 57.1 Å². The third-order valence-corrected chi connectivity index (χ3v) is 6.62. The molecule has 3 aliphatic carbocycles. The van der Waals surface area contributed by atoms with Crippen molar-refractivity contribution >= 4 is 0 Å². The predicted octanol–water partition coefficient (Wildman–Crippen LogP) is 5.37. The van der Waals surface area contributed by atoms with Crippen LogP contribution in [0.15, 0.2) is 52.8 Å². The first-order chi connectivity index (χ1) is 10.8. The van der Waals surface area contributed by atoms with Gasteiger partial charge in [-0.15, -0.1) is 0 Å². The number of hydrogen-bond acceptors (Lipinski definition) is 0.